The molecule has 72 valence electrons. The highest BCUT2D eigenvalue weighted by molar-refractivity contribution is 6.28. The first-order valence-corrected chi connectivity index (χ1v) is 4.65. The molecule has 0 spiro atoms. The van der Waals surface area contributed by atoms with Gasteiger partial charge in [0.1, 0.15) is 0 Å². The Balaban J connectivity index is 2.64. The van der Waals surface area contributed by atoms with Crippen molar-refractivity contribution >= 4 is 11.6 Å². The molecule has 0 radical (unpaired) electrons. The number of nitrogens with zero attached hydrogens (tertiary/aromatic N) is 3. The summed E-state index contributed by atoms with van der Waals surface area (Å²) in [5.41, 5.74) is 0.955. The van der Waals surface area contributed by atoms with Gasteiger partial charge in [0.2, 0.25) is 5.28 Å². The van der Waals surface area contributed by atoms with Crippen molar-refractivity contribution in [2.75, 3.05) is 7.05 Å². The minimum absolute atomic E-state index is 0.314. The van der Waals surface area contributed by atoms with Gasteiger partial charge in [-0.2, -0.15) is 0 Å². The first-order chi connectivity index (χ1) is 6.09. The lowest BCUT2D eigenvalue weighted by Crippen LogP contribution is -2.26. The summed E-state index contributed by atoms with van der Waals surface area (Å²) in [4.78, 5) is 10.1. The molecule has 0 aliphatic rings. The Morgan fingerprint density at radius 1 is 1.54 bits per heavy atom. The monoisotopic (exact) mass is 199 g/mol. The second kappa shape index (κ2) is 4.53. The predicted molar refractivity (Wildman–Crippen MR) is 53.6 cm³/mol. The van der Waals surface area contributed by atoms with Gasteiger partial charge >= 0.3 is 0 Å². The van der Waals surface area contributed by atoms with E-state index >= 15 is 0 Å². The van der Waals surface area contributed by atoms with Crippen LogP contribution in [0.5, 0.6) is 0 Å². The lowest BCUT2D eigenvalue weighted by molar-refractivity contribution is 0.262. The third-order valence-electron chi connectivity index (χ3n) is 1.98. The van der Waals surface area contributed by atoms with Crippen molar-refractivity contribution in [2.45, 2.75) is 26.4 Å². The van der Waals surface area contributed by atoms with E-state index < -0.39 is 0 Å². The van der Waals surface area contributed by atoms with Gasteiger partial charge in [-0.1, -0.05) is 0 Å². The largest absolute Gasteiger partial charge is 0.298 e. The summed E-state index contributed by atoms with van der Waals surface area (Å²) in [6.07, 6.45) is 1.68. The van der Waals surface area contributed by atoms with Crippen molar-refractivity contribution in [3.8, 4) is 0 Å². The number of hydrogen-bond acceptors (Lipinski definition) is 3. The van der Waals surface area contributed by atoms with Crippen LogP contribution < -0.4 is 0 Å². The highest BCUT2D eigenvalue weighted by Gasteiger charge is 2.05. The van der Waals surface area contributed by atoms with Crippen LogP contribution >= 0.6 is 11.6 Å². The van der Waals surface area contributed by atoms with Crippen LogP contribution in [0.3, 0.4) is 0 Å². The van der Waals surface area contributed by atoms with Gasteiger partial charge in [0.05, 0.1) is 5.69 Å². The number of aromatic nitrogens is 2. The molecule has 0 aliphatic heterocycles. The molecule has 0 saturated carbocycles. The maximum absolute atomic E-state index is 5.67. The summed E-state index contributed by atoms with van der Waals surface area (Å²) in [7, 11) is 2.06. The standard InChI is InChI=1S/C9H14ClN3/c1-7(2)13(3)6-8-4-5-11-9(10)12-8/h4-5,7H,6H2,1-3H3. The van der Waals surface area contributed by atoms with E-state index in [1.165, 1.54) is 0 Å². The zero-order valence-electron chi connectivity index (χ0n) is 8.16. The van der Waals surface area contributed by atoms with Gasteiger partial charge in [-0.05, 0) is 38.6 Å². The molecule has 0 aliphatic carbocycles. The number of rotatable bonds is 3. The van der Waals surface area contributed by atoms with E-state index in [4.69, 9.17) is 11.6 Å². The van der Waals surface area contributed by atoms with Gasteiger partial charge in [-0.15, -0.1) is 0 Å². The smallest absolute Gasteiger partial charge is 0.222 e. The topological polar surface area (TPSA) is 29.0 Å². The molecule has 0 N–H and O–H groups in total. The van der Waals surface area contributed by atoms with Crippen molar-refractivity contribution < 1.29 is 0 Å². The van der Waals surface area contributed by atoms with Crippen molar-refractivity contribution in [3.05, 3.63) is 23.2 Å². The SMILES string of the molecule is CC(C)N(C)Cc1ccnc(Cl)n1. The Hall–Kier alpha value is -0.670. The van der Waals surface area contributed by atoms with Crippen molar-refractivity contribution in [1.29, 1.82) is 0 Å². The molecule has 1 heterocycles. The summed E-state index contributed by atoms with van der Waals surface area (Å²) >= 11 is 5.67. The number of halogens is 1. The van der Waals surface area contributed by atoms with E-state index in [2.05, 4.69) is 35.8 Å². The van der Waals surface area contributed by atoms with Gasteiger partial charge in [-0.25, -0.2) is 9.97 Å². The fourth-order valence-electron chi connectivity index (χ4n) is 0.896. The third-order valence-corrected chi connectivity index (χ3v) is 2.16. The van der Waals surface area contributed by atoms with E-state index in [1.54, 1.807) is 6.20 Å². The maximum atomic E-state index is 5.67. The quantitative estimate of drug-likeness (QED) is 0.698. The second-order valence-corrected chi connectivity index (χ2v) is 3.66. The highest BCUT2D eigenvalue weighted by Crippen LogP contribution is 2.05. The van der Waals surface area contributed by atoms with Crippen LogP contribution in [-0.4, -0.2) is 28.0 Å². The van der Waals surface area contributed by atoms with Crippen LogP contribution in [-0.2, 0) is 6.54 Å². The summed E-state index contributed by atoms with van der Waals surface area (Å²) < 4.78 is 0. The Morgan fingerprint density at radius 3 is 2.77 bits per heavy atom. The Labute approximate surface area is 83.8 Å². The van der Waals surface area contributed by atoms with Gasteiger partial charge in [0.25, 0.3) is 0 Å². The van der Waals surface area contributed by atoms with Crippen molar-refractivity contribution in [1.82, 2.24) is 14.9 Å². The van der Waals surface area contributed by atoms with E-state index in [1.807, 2.05) is 6.07 Å². The van der Waals surface area contributed by atoms with Gasteiger partial charge in [-0.3, -0.25) is 4.90 Å². The second-order valence-electron chi connectivity index (χ2n) is 3.33. The molecule has 0 atom stereocenters. The van der Waals surface area contributed by atoms with Crippen LogP contribution in [0.1, 0.15) is 19.5 Å². The fourth-order valence-corrected chi connectivity index (χ4v) is 1.06. The minimum atomic E-state index is 0.314. The minimum Gasteiger partial charge on any atom is -0.298 e. The summed E-state index contributed by atoms with van der Waals surface area (Å²) in [6.45, 7) is 5.09. The molecular weight excluding hydrogens is 186 g/mol. The highest BCUT2D eigenvalue weighted by atomic mass is 35.5. The predicted octanol–water partition coefficient (Wildman–Crippen LogP) is 1.97. The Bertz CT molecular complexity index is 275. The summed E-state index contributed by atoms with van der Waals surface area (Å²) in [6, 6.07) is 2.39. The first-order valence-electron chi connectivity index (χ1n) is 4.27. The van der Waals surface area contributed by atoms with E-state index in [-0.39, 0.29) is 0 Å². The van der Waals surface area contributed by atoms with Crippen LogP contribution in [0.4, 0.5) is 0 Å². The van der Waals surface area contributed by atoms with Crippen LogP contribution in [0, 0.1) is 0 Å². The molecule has 13 heavy (non-hydrogen) atoms. The Kier molecular flexibility index (Phi) is 3.63. The molecule has 1 aromatic rings. The first kappa shape index (κ1) is 10.4. The van der Waals surface area contributed by atoms with Crippen molar-refractivity contribution in [3.63, 3.8) is 0 Å². The summed E-state index contributed by atoms with van der Waals surface area (Å²) in [5.74, 6) is 0. The van der Waals surface area contributed by atoms with E-state index in [0.29, 0.717) is 11.3 Å². The molecule has 0 unspecified atom stereocenters. The maximum Gasteiger partial charge on any atom is 0.222 e. The van der Waals surface area contributed by atoms with E-state index in [0.717, 1.165) is 12.2 Å². The zero-order valence-corrected chi connectivity index (χ0v) is 8.91. The Morgan fingerprint density at radius 2 is 2.23 bits per heavy atom. The summed E-state index contributed by atoms with van der Waals surface area (Å²) in [5, 5.41) is 0.314. The molecule has 0 amide bonds. The molecule has 0 saturated heterocycles. The fraction of sp³-hybridized carbons (Fsp3) is 0.556. The molecule has 3 nitrogen and oxygen atoms in total. The average molecular weight is 200 g/mol. The van der Waals surface area contributed by atoms with Crippen LogP contribution in [0.2, 0.25) is 5.28 Å². The van der Waals surface area contributed by atoms with Gasteiger partial charge < -0.3 is 0 Å². The molecule has 4 heteroatoms. The third kappa shape index (κ3) is 3.28. The molecule has 0 aromatic carbocycles. The van der Waals surface area contributed by atoms with Gasteiger partial charge in [0, 0.05) is 18.8 Å². The molecule has 1 aromatic heterocycles. The van der Waals surface area contributed by atoms with Gasteiger partial charge in [0.15, 0.2) is 0 Å². The molecule has 1 rings (SSSR count). The van der Waals surface area contributed by atoms with Crippen molar-refractivity contribution in [2.24, 2.45) is 0 Å². The number of hydrogen-bond donors (Lipinski definition) is 0. The molecular formula is C9H14ClN3. The lowest BCUT2D eigenvalue weighted by atomic mass is 10.3. The molecule has 0 fully saturated rings. The molecule has 0 bridgehead atoms. The average Bonchev–Trinajstić information content (AvgIpc) is 2.04. The zero-order chi connectivity index (χ0) is 9.84. The van der Waals surface area contributed by atoms with E-state index in [9.17, 15) is 0 Å². The normalized spacial score (nSPS) is 11.2. The van der Waals surface area contributed by atoms with Crippen LogP contribution in [0.25, 0.3) is 0 Å². The lowest BCUT2D eigenvalue weighted by Gasteiger charge is -2.20. The van der Waals surface area contributed by atoms with Crippen LogP contribution in [0.15, 0.2) is 12.3 Å².